The van der Waals surface area contributed by atoms with Gasteiger partial charge in [0.25, 0.3) is 0 Å². The third kappa shape index (κ3) is 4.44. The zero-order valence-corrected chi connectivity index (χ0v) is 19.9. The molecule has 1 aromatic heterocycles. The van der Waals surface area contributed by atoms with Crippen LogP contribution in [0.25, 0.3) is 0 Å². The predicted octanol–water partition coefficient (Wildman–Crippen LogP) is 4.25. The topological polar surface area (TPSA) is 98.7 Å². The number of hydrogen-bond donors (Lipinski definition) is 0. The highest BCUT2D eigenvalue weighted by Crippen LogP contribution is 2.44. The average molecular weight is 460 g/mol. The van der Waals surface area contributed by atoms with Gasteiger partial charge in [0, 0.05) is 18.0 Å². The van der Waals surface area contributed by atoms with Crippen LogP contribution in [0.15, 0.2) is 29.2 Å². The molecule has 0 spiro atoms. The molecule has 9 heteroatoms. The van der Waals surface area contributed by atoms with Gasteiger partial charge in [-0.1, -0.05) is 17.7 Å². The fourth-order valence-electron chi connectivity index (χ4n) is 4.36. The van der Waals surface area contributed by atoms with Crippen LogP contribution in [0.1, 0.15) is 68.7 Å². The van der Waals surface area contributed by atoms with Gasteiger partial charge in [-0.05, 0) is 66.0 Å². The van der Waals surface area contributed by atoms with Gasteiger partial charge in [0.2, 0.25) is 5.88 Å². The van der Waals surface area contributed by atoms with Gasteiger partial charge in [0.05, 0.1) is 11.7 Å². The van der Waals surface area contributed by atoms with E-state index in [0.717, 1.165) is 24.8 Å². The second-order valence-corrected chi connectivity index (χ2v) is 11.0. The molecule has 172 valence electrons. The summed E-state index contributed by atoms with van der Waals surface area (Å²) < 4.78 is 37.0. The summed E-state index contributed by atoms with van der Waals surface area (Å²) in [5.41, 5.74) is 1.65. The summed E-state index contributed by atoms with van der Waals surface area (Å²) in [5, 5.41) is 0. The molecule has 32 heavy (non-hydrogen) atoms. The summed E-state index contributed by atoms with van der Waals surface area (Å²) in [5.74, 6) is 0.444. The summed E-state index contributed by atoms with van der Waals surface area (Å²) in [6.07, 6.45) is 2.53. The maximum atomic E-state index is 13.0. The Labute approximate surface area is 189 Å². The van der Waals surface area contributed by atoms with Gasteiger partial charge in [0.1, 0.15) is 16.3 Å². The highest BCUT2D eigenvalue weighted by molar-refractivity contribution is 7.87. The Morgan fingerprint density at radius 1 is 1.09 bits per heavy atom. The lowest BCUT2D eigenvalue weighted by atomic mass is 9.83. The van der Waals surface area contributed by atoms with Crippen LogP contribution in [-0.2, 0) is 21.3 Å². The largest absolute Gasteiger partial charge is 0.444 e. The molecule has 1 aromatic carbocycles. The van der Waals surface area contributed by atoms with Crippen molar-refractivity contribution in [2.45, 2.75) is 82.9 Å². The summed E-state index contributed by atoms with van der Waals surface area (Å²) in [4.78, 5) is 23.7. The van der Waals surface area contributed by atoms with E-state index in [1.54, 1.807) is 24.0 Å². The average Bonchev–Trinajstić information content (AvgIpc) is 2.67. The molecule has 2 aromatic rings. The molecule has 2 aliphatic heterocycles. The Bertz CT molecular complexity index is 1140. The second kappa shape index (κ2) is 8.03. The fourth-order valence-corrected chi connectivity index (χ4v) is 5.27. The van der Waals surface area contributed by atoms with E-state index in [9.17, 15) is 13.2 Å². The lowest BCUT2D eigenvalue weighted by Crippen LogP contribution is -2.51. The zero-order chi connectivity index (χ0) is 23.3. The standard InChI is InChI=1S/C23H29N3O5S/c1-14-9-11-17(12-10-14)32(28,29)31-21-18-13-16-7-6-8-19(20(18)24-15(2)25-21)26(16)22(27)30-23(3,4)5/h9-12,16,19H,6-8,13H2,1-5H3. The number of hydrogen-bond acceptors (Lipinski definition) is 7. The predicted molar refractivity (Wildman–Crippen MR) is 118 cm³/mol. The molecule has 2 unspecified atom stereocenters. The van der Waals surface area contributed by atoms with Crippen molar-refractivity contribution < 1.29 is 22.1 Å². The third-order valence-corrected chi connectivity index (χ3v) is 6.94. The molecule has 4 rings (SSSR count). The van der Waals surface area contributed by atoms with Gasteiger partial charge in [0.15, 0.2) is 0 Å². The highest BCUT2D eigenvalue weighted by Gasteiger charge is 2.44. The first kappa shape index (κ1) is 22.5. The van der Waals surface area contributed by atoms with Crippen LogP contribution < -0.4 is 4.18 Å². The second-order valence-electron chi connectivity index (χ2n) is 9.48. The van der Waals surface area contributed by atoms with Crippen molar-refractivity contribution in [3.8, 4) is 5.88 Å². The van der Waals surface area contributed by atoms with Gasteiger partial charge in [-0.2, -0.15) is 13.4 Å². The smallest absolute Gasteiger partial charge is 0.411 e. The number of ether oxygens (including phenoxy) is 1. The SMILES string of the molecule is Cc1ccc(S(=O)(=O)Oc2nc(C)nc3c2CC2CCCC3N2C(=O)OC(C)(C)C)cc1. The lowest BCUT2D eigenvalue weighted by Gasteiger charge is -2.46. The maximum Gasteiger partial charge on any atom is 0.411 e. The molecule has 1 amide bonds. The van der Waals surface area contributed by atoms with Crippen LogP contribution in [-0.4, -0.2) is 41.0 Å². The molecule has 1 saturated heterocycles. The number of aromatic nitrogens is 2. The van der Waals surface area contributed by atoms with Gasteiger partial charge in [-0.25, -0.2) is 9.78 Å². The zero-order valence-electron chi connectivity index (χ0n) is 19.1. The van der Waals surface area contributed by atoms with Crippen LogP contribution in [0.5, 0.6) is 5.88 Å². The van der Waals surface area contributed by atoms with Crippen molar-refractivity contribution >= 4 is 16.2 Å². The monoisotopic (exact) mass is 459 g/mol. The summed E-state index contributed by atoms with van der Waals surface area (Å²) in [6.45, 7) is 9.10. The third-order valence-electron chi connectivity index (χ3n) is 5.72. The van der Waals surface area contributed by atoms with Crippen molar-refractivity contribution in [3.05, 3.63) is 46.9 Å². The van der Waals surface area contributed by atoms with Gasteiger partial charge < -0.3 is 8.92 Å². The number of nitrogens with zero attached hydrogens (tertiary/aromatic N) is 3. The highest BCUT2D eigenvalue weighted by atomic mass is 32.2. The van der Waals surface area contributed by atoms with E-state index in [4.69, 9.17) is 8.92 Å². The number of aryl methyl sites for hydroxylation is 2. The van der Waals surface area contributed by atoms with Crippen molar-refractivity contribution in [1.82, 2.24) is 14.9 Å². The summed E-state index contributed by atoms with van der Waals surface area (Å²) >= 11 is 0. The van der Waals surface area contributed by atoms with Crippen molar-refractivity contribution in [2.75, 3.05) is 0 Å². The van der Waals surface area contributed by atoms with Crippen molar-refractivity contribution in [3.63, 3.8) is 0 Å². The molecule has 2 bridgehead atoms. The molecule has 0 aliphatic carbocycles. The van der Waals surface area contributed by atoms with Crippen LogP contribution in [0.4, 0.5) is 4.79 Å². The van der Waals surface area contributed by atoms with E-state index < -0.39 is 15.7 Å². The number of fused-ring (bicyclic) bond motifs is 4. The quantitative estimate of drug-likeness (QED) is 0.633. The van der Waals surface area contributed by atoms with E-state index in [-0.39, 0.29) is 29.0 Å². The van der Waals surface area contributed by atoms with Gasteiger partial charge in [-0.15, -0.1) is 0 Å². The van der Waals surface area contributed by atoms with E-state index in [2.05, 4.69) is 9.97 Å². The molecule has 0 radical (unpaired) electrons. The Hall–Kier alpha value is -2.68. The molecule has 8 nitrogen and oxygen atoms in total. The first-order chi connectivity index (χ1) is 14.9. The minimum atomic E-state index is -4.05. The first-order valence-electron chi connectivity index (χ1n) is 10.8. The molecule has 0 saturated carbocycles. The summed E-state index contributed by atoms with van der Waals surface area (Å²) in [6, 6.07) is 6.07. The molecule has 2 aliphatic rings. The Balaban J connectivity index is 1.71. The normalized spacial score (nSPS) is 20.5. The Morgan fingerprint density at radius 2 is 1.78 bits per heavy atom. The van der Waals surface area contributed by atoms with Gasteiger partial charge in [-0.3, -0.25) is 4.90 Å². The van der Waals surface area contributed by atoms with Crippen LogP contribution in [0, 0.1) is 13.8 Å². The van der Waals surface area contributed by atoms with E-state index in [1.165, 1.54) is 12.1 Å². The Kier molecular flexibility index (Phi) is 5.65. The van der Waals surface area contributed by atoms with E-state index in [0.29, 0.717) is 23.5 Å². The van der Waals surface area contributed by atoms with Crippen LogP contribution >= 0.6 is 0 Å². The minimum absolute atomic E-state index is 0.0498. The Morgan fingerprint density at radius 3 is 2.44 bits per heavy atom. The maximum absolute atomic E-state index is 13.0. The molecular weight excluding hydrogens is 430 g/mol. The van der Waals surface area contributed by atoms with Crippen LogP contribution in [0.2, 0.25) is 0 Å². The van der Waals surface area contributed by atoms with Crippen LogP contribution in [0.3, 0.4) is 0 Å². The number of piperidine rings is 1. The van der Waals surface area contributed by atoms with E-state index in [1.807, 2.05) is 27.7 Å². The first-order valence-corrected chi connectivity index (χ1v) is 12.3. The van der Waals surface area contributed by atoms with Crippen molar-refractivity contribution in [1.29, 1.82) is 0 Å². The lowest BCUT2D eigenvalue weighted by molar-refractivity contribution is -0.0108. The number of benzene rings is 1. The number of rotatable bonds is 3. The minimum Gasteiger partial charge on any atom is -0.444 e. The molecular formula is C23H29N3O5S. The fraction of sp³-hybridized carbons (Fsp3) is 0.522. The molecule has 1 fully saturated rings. The molecule has 2 atom stereocenters. The number of carbonyl (C=O) groups excluding carboxylic acids is 1. The number of carbonyl (C=O) groups is 1. The van der Waals surface area contributed by atoms with Gasteiger partial charge >= 0.3 is 16.2 Å². The van der Waals surface area contributed by atoms with E-state index >= 15 is 0 Å². The molecule has 0 N–H and O–H groups in total. The molecule has 3 heterocycles. The summed E-state index contributed by atoms with van der Waals surface area (Å²) in [7, 11) is -4.05. The number of amides is 1. The van der Waals surface area contributed by atoms with Crippen molar-refractivity contribution in [2.24, 2.45) is 0 Å².